The molecule has 21 heavy (non-hydrogen) atoms. The van der Waals surface area contributed by atoms with Gasteiger partial charge in [0, 0.05) is 37.9 Å². The molecule has 0 unspecified atom stereocenters. The minimum atomic E-state index is -0.912. The first-order valence-corrected chi connectivity index (χ1v) is 7.59. The van der Waals surface area contributed by atoms with Gasteiger partial charge in [-0.1, -0.05) is 13.0 Å². The Bertz CT molecular complexity index is 518. The van der Waals surface area contributed by atoms with Crippen molar-refractivity contribution in [2.24, 2.45) is 0 Å². The second-order valence-corrected chi connectivity index (χ2v) is 5.54. The van der Waals surface area contributed by atoms with Crippen LogP contribution in [-0.4, -0.2) is 48.7 Å². The molecule has 114 valence electrons. The van der Waals surface area contributed by atoms with Crippen molar-refractivity contribution in [3.8, 4) is 0 Å². The molecule has 1 N–H and O–H groups in total. The van der Waals surface area contributed by atoms with E-state index in [4.69, 9.17) is 5.11 Å². The van der Waals surface area contributed by atoms with Crippen LogP contribution in [0.3, 0.4) is 0 Å². The normalized spacial score (nSPS) is 16.6. The fraction of sp³-hybridized carbons (Fsp3) is 0.471. The molecule has 0 atom stereocenters. The number of hydrogen-bond acceptors (Lipinski definition) is 3. The number of piperazine rings is 1. The van der Waals surface area contributed by atoms with Gasteiger partial charge in [-0.15, -0.1) is 0 Å². The molecule has 4 nitrogen and oxygen atoms in total. The third kappa shape index (κ3) is 4.33. The van der Waals surface area contributed by atoms with Crippen LogP contribution in [0.2, 0.25) is 0 Å². The van der Waals surface area contributed by atoms with Crippen LogP contribution < -0.4 is 4.90 Å². The summed E-state index contributed by atoms with van der Waals surface area (Å²) in [4.78, 5) is 15.5. The summed E-state index contributed by atoms with van der Waals surface area (Å²) in [6.07, 6.45) is 4.05. The van der Waals surface area contributed by atoms with Crippen LogP contribution in [0.4, 0.5) is 5.69 Å². The van der Waals surface area contributed by atoms with Gasteiger partial charge in [-0.25, -0.2) is 4.79 Å². The highest BCUT2D eigenvalue weighted by Gasteiger charge is 2.16. The van der Waals surface area contributed by atoms with Crippen LogP contribution in [0.5, 0.6) is 0 Å². The maximum Gasteiger partial charge on any atom is 0.328 e. The van der Waals surface area contributed by atoms with Crippen molar-refractivity contribution in [1.29, 1.82) is 0 Å². The first kappa shape index (κ1) is 15.6. The van der Waals surface area contributed by atoms with E-state index < -0.39 is 5.97 Å². The molecule has 1 aromatic rings. The van der Waals surface area contributed by atoms with Gasteiger partial charge in [-0.3, -0.25) is 4.90 Å². The fourth-order valence-corrected chi connectivity index (χ4v) is 2.75. The molecule has 1 aromatic carbocycles. The van der Waals surface area contributed by atoms with Gasteiger partial charge < -0.3 is 10.0 Å². The van der Waals surface area contributed by atoms with E-state index in [9.17, 15) is 4.79 Å². The van der Waals surface area contributed by atoms with E-state index in [1.807, 2.05) is 13.0 Å². The SMILES string of the molecule is CCCN1CCN(c2ccc(C=CC(=O)O)c(C)c2)CC1. The van der Waals surface area contributed by atoms with Crippen LogP contribution in [0, 0.1) is 6.92 Å². The van der Waals surface area contributed by atoms with Gasteiger partial charge in [-0.05, 0) is 49.2 Å². The summed E-state index contributed by atoms with van der Waals surface area (Å²) in [5, 5.41) is 8.69. The third-order valence-corrected chi connectivity index (χ3v) is 3.94. The molecule has 0 bridgehead atoms. The zero-order chi connectivity index (χ0) is 15.2. The molecule has 1 fully saturated rings. The summed E-state index contributed by atoms with van der Waals surface area (Å²) in [5.74, 6) is -0.912. The Balaban J connectivity index is 2.02. The number of benzene rings is 1. The summed E-state index contributed by atoms with van der Waals surface area (Å²) < 4.78 is 0. The summed E-state index contributed by atoms with van der Waals surface area (Å²) in [6, 6.07) is 6.24. The number of anilines is 1. The molecule has 0 radical (unpaired) electrons. The maximum atomic E-state index is 10.6. The number of nitrogens with zero attached hydrogens (tertiary/aromatic N) is 2. The van der Waals surface area contributed by atoms with Crippen molar-refractivity contribution in [1.82, 2.24) is 4.90 Å². The molecule has 1 aliphatic rings. The highest BCUT2D eigenvalue weighted by molar-refractivity contribution is 5.85. The van der Waals surface area contributed by atoms with Crippen LogP contribution in [0.15, 0.2) is 24.3 Å². The number of hydrogen-bond donors (Lipinski definition) is 1. The highest BCUT2D eigenvalue weighted by Crippen LogP contribution is 2.21. The van der Waals surface area contributed by atoms with Gasteiger partial charge in [-0.2, -0.15) is 0 Å². The van der Waals surface area contributed by atoms with Crippen LogP contribution in [0.1, 0.15) is 24.5 Å². The Morgan fingerprint density at radius 1 is 1.29 bits per heavy atom. The van der Waals surface area contributed by atoms with Crippen molar-refractivity contribution in [2.75, 3.05) is 37.6 Å². The van der Waals surface area contributed by atoms with E-state index in [1.54, 1.807) is 6.08 Å². The molecule has 0 aliphatic carbocycles. The average Bonchev–Trinajstić information content (AvgIpc) is 2.47. The standard InChI is InChI=1S/C17H24N2O2/c1-3-8-18-9-11-19(12-10-18)16-6-4-15(14(2)13-16)5-7-17(20)21/h4-7,13H,3,8-12H2,1-2H3,(H,20,21). The van der Waals surface area contributed by atoms with Crippen LogP contribution >= 0.6 is 0 Å². The van der Waals surface area contributed by atoms with E-state index in [0.29, 0.717) is 0 Å². The summed E-state index contributed by atoms with van der Waals surface area (Å²) in [6.45, 7) is 9.79. The van der Waals surface area contributed by atoms with Crippen molar-refractivity contribution in [3.05, 3.63) is 35.4 Å². The molecule has 1 aliphatic heterocycles. The lowest BCUT2D eigenvalue weighted by Crippen LogP contribution is -2.46. The topological polar surface area (TPSA) is 43.8 Å². The molecule has 2 rings (SSSR count). The molecular formula is C17H24N2O2. The zero-order valence-corrected chi connectivity index (χ0v) is 12.9. The van der Waals surface area contributed by atoms with Crippen molar-refractivity contribution in [2.45, 2.75) is 20.3 Å². The summed E-state index contributed by atoms with van der Waals surface area (Å²) >= 11 is 0. The second kappa shape index (κ2) is 7.27. The molecular weight excluding hydrogens is 264 g/mol. The predicted molar refractivity (Wildman–Crippen MR) is 86.8 cm³/mol. The number of rotatable bonds is 5. The lowest BCUT2D eigenvalue weighted by Gasteiger charge is -2.36. The maximum absolute atomic E-state index is 10.6. The Hall–Kier alpha value is -1.81. The van der Waals surface area contributed by atoms with Crippen molar-refractivity contribution in [3.63, 3.8) is 0 Å². The van der Waals surface area contributed by atoms with Gasteiger partial charge >= 0.3 is 5.97 Å². The van der Waals surface area contributed by atoms with Gasteiger partial charge in [0.2, 0.25) is 0 Å². The van der Waals surface area contributed by atoms with Gasteiger partial charge in [0.15, 0.2) is 0 Å². The zero-order valence-electron chi connectivity index (χ0n) is 12.9. The van der Waals surface area contributed by atoms with E-state index in [2.05, 4.69) is 28.9 Å². The quantitative estimate of drug-likeness (QED) is 0.846. The van der Waals surface area contributed by atoms with Gasteiger partial charge in [0.25, 0.3) is 0 Å². The minimum absolute atomic E-state index is 0.912. The smallest absolute Gasteiger partial charge is 0.328 e. The molecule has 1 saturated heterocycles. The number of carboxylic acids is 1. The van der Waals surface area contributed by atoms with E-state index in [-0.39, 0.29) is 0 Å². The predicted octanol–water partition coefficient (Wildman–Crippen LogP) is 2.62. The summed E-state index contributed by atoms with van der Waals surface area (Å²) in [5.41, 5.74) is 3.31. The number of aryl methyl sites for hydroxylation is 1. The highest BCUT2D eigenvalue weighted by atomic mass is 16.4. The fourth-order valence-electron chi connectivity index (χ4n) is 2.75. The molecule has 0 aromatic heterocycles. The summed E-state index contributed by atoms with van der Waals surface area (Å²) in [7, 11) is 0. The Kier molecular flexibility index (Phi) is 5.39. The van der Waals surface area contributed by atoms with Gasteiger partial charge in [0.05, 0.1) is 0 Å². The molecule has 0 saturated carbocycles. The second-order valence-electron chi connectivity index (χ2n) is 5.54. The number of carboxylic acid groups (broad SMARTS) is 1. The molecule has 0 spiro atoms. The van der Waals surface area contributed by atoms with Crippen LogP contribution in [-0.2, 0) is 4.79 Å². The molecule has 1 heterocycles. The number of aliphatic carboxylic acids is 1. The number of carbonyl (C=O) groups is 1. The molecule has 4 heteroatoms. The Morgan fingerprint density at radius 3 is 2.57 bits per heavy atom. The Morgan fingerprint density at radius 2 is 2.00 bits per heavy atom. The lowest BCUT2D eigenvalue weighted by atomic mass is 10.1. The van der Waals surface area contributed by atoms with Gasteiger partial charge in [0.1, 0.15) is 0 Å². The van der Waals surface area contributed by atoms with Crippen molar-refractivity contribution >= 4 is 17.7 Å². The first-order chi connectivity index (χ1) is 10.1. The average molecular weight is 288 g/mol. The van der Waals surface area contributed by atoms with Crippen molar-refractivity contribution < 1.29 is 9.90 Å². The third-order valence-electron chi connectivity index (χ3n) is 3.94. The molecule has 0 amide bonds. The monoisotopic (exact) mass is 288 g/mol. The lowest BCUT2D eigenvalue weighted by molar-refractivity contribution is -0.131. The van der Waals surface area contributed by atoms with Crippen LogP contribution in [0.25, 0.3) is 6.08 Å². The van der Waals surface area contributed by atoms with E-state index in [1.165, 1.54) is 24.7 Å². The largest absolute Gasteiger partial charge is 0.478 e. The Labute approximate surface area is 126 Å². The minimum Gasteiger partial charge on any atom is -0.478 e. The van der Waals surface area contributed by atoms with E-state index >= 15 is 0 Å². The van der Waals surface area contributed by atoms with E-state index in [0.717, 1.165) is 37.3 Å². The first-order valence-electron chi connectivity index (χ1n) is 7.59.